The molecule has 2 aromatic rings. The number of aliphatic hydroxyl groups excluding tert-OH is 2. The quantitative estimate of drug-likeness (QED) is 0.567. The highest BCUT2D eigenvalue weighted by Gasteiger charge is 2.46. The number of nitrogens with one attached hydrogen (secondary N) is 1. The molecule has 0 amide bonds. The van der Waals surface area contributed by atoms with Gasteiger partial charge in [-0.3, -0.25) is 14.3 Å². The Morgan fingerprint density at radius 1 is 1.26 bits per heavy atom. The van der Waals surface area contributed by atoms with E-state index in [1.165, 1.54) is 6.20 Å². The van der Waals surface area contributed by atoms with Crippen LogP contribution in [0.4, 0.5) is 0 Å². The van der Waals surface area contributed by atoms with Gasteiger partial charge in [0.15, 0.2) is 12.5 Å². The molecule has 1 aromatic heterocycles. The van der Waals surface area contributed by atoms with Crippen LogP contribution in [0.25, 0.3) is 0 Å². The van der Waals surface area contributed by atoms with Gasteiger partial charge in [-0.15, -0.1) is 0 Å². The van der Waals surface area contributed by atoms with Gasteiger partial charge in [0.25, 0.3) is 5.56 Å². The first-order chi connectivity index (χ1) is 13.0. The third kappa shape index (κ3) is 4.52. The normalized spacial score (nSPS) is 26.2. The van der Waals surface area contributed by atoms with Crippen molar-refractivity contribution in [2.75, 3.05) is 6.61 Å². The number of aromatic nitrogens is 2. The van der Waals surface area contributed by atoms with Crippen molar-refractivity contribution >= 4 is 0 Å². The molecule has 0 spiro atoms. The molecule has 9 nitrogen and oxygen atoms in total. The van der Waals surface area contributed by atoms with Gasteiger partial charge in [-0.25, -0.2) is 4.79 Å². The minimum absolute atomic E-state index is 0.304. The Hall–Kier alpha value is -2.30. The Kier molecular flexibility index (Phi) is 6.19. The maximum atomic E-state index is 12.1. The number of H-pyrrole nitrogens is 1. The van der Waals surface area contributed by atoms with Crippen molar-refractivity contribution in [3.8, 4) is 0 Å². The molecular weight excluding hydrogens is 356 g/mol. The highest BCUT2D eigenvalue weighted by atomic mass is 16.7. The van der Waals surface area contributed by atoms with E-state index in [-0.39, 0.29) is 0 Å². The summed E-state index contributed by atoms with van der Waals surface area (Å²) in [6, 6.07) is 10.7. The van der Waals surface area contributed by atoms with Crippen LogP contribution < -0.4 is 11.2 Å². The smallest absolute Gasteiger partial charge is 0.330 e. The van der Waals surface area contributed by atoms with E-state index in [0.717, 1.165) is 16.2 Å². The van der Waals surface area contributed by atoms with Crippen LogP contribution in [0.1, 0.15) is 18.7 Å². The summed E-state index contributed by atoms with van der Waals surface area (Å²) in [5.74, 6) is 0. The van der Waals surface area contributed by atoms with Crippen LogP contribution >= 0.6 is 0 Å². The number of benzene rings is 1. The van der Waals surface area contributed by atoms with Gasteiger partial charge >= 0.3 is 5.69 Å². The summed E-state index contributed by atoms with van der Waals surface area (Å²) in [5, 5.41) is 19.8. The SMILES string of the molecule is CC(OCc1ccccc1)O[C@@H]1[C@H](O)[C@@H](CO)O[C@H]1n1ccc(=O)[nH]c1=O. The molecule has 9 heteroatoms. The maximum absolute atomic E-state index is 12.1. The molecule has 1 aliphatic heterocycles. The lowest BCUT2D eigenvalue weighted by molar-refractivity contribution is -0.198. The summed E-state index contributed by atoms with van der Waals surface area (Å²) in [7, 11) is 0. The summed E-state index contributed by atoms with van der Waals surface area (Å²) in [4.78, 5) is 25.5. The third-order valence-electron chi connectivity index (χ3n) is 4.29. The first kappa shape index (κ1) is 19.5. The van der Waals surface area contributed by atoms with Crippen LogP contribution in [0.5, 0.6) is 0 Å². The fourth-order valence-electron chi connectivity index (χ4n) is 2.92. The Balaban J connectivity index is 1.73. The Bertz CT molecular complexity index is 851. The molecule has 1 fully saturated rings. The van der Waals surface area contributed by atoms with Crippen LogP contribution in [-0.4, -0.2) is 51.0 Å². The molecule has 3 N–H and O–H groups in total. The molecule has 5 atom stereocenters. The van der Waals surface area contributed by atoms with E-state index in [1.54, 1.807) is 6.92 Å². The average molecular weight is 378 g/mol. The van der Waals surface area contributed by atoms with Gasteiger partial charge < -0.3 is 24.4 Å². The Morgan fingerprint density at radius 3 is 2.67 bits per heavy atom. The zero-order chi connectivity index (χ0) is 19.4. The van der Waals surface area contributed by atoms with Crippen LogP contribution in [0.15, 0.2) is 52.2 Å². The van der Waals surface area contributed by atoms with E-state index in [4.69, 9.17) is 14.2 Å². The van der Waals surface area contributed by atoms with Gasteiger partial charge in [0.2, 0.25) is 0 Å². The monoisotopic (exact) mass is 378 g/mol. The number of hydrogen-bond acceptors (Lipinski definition) is 7. The number of nitrogens with zero attached hydrogens (tertiary/aromatic N) is 1. The second-order valence-corrected chi connectivity index (χ2v) is 6.22. The van der Waals surface area contributed by atoms with Gasteiger partial charge in [0, 0.05) is 12.3 Å². The minimum atomic E-state index is -1.18. The Morgan fingerprint density at radius 2 is 2.00 bits per heavy atom. The summed E-state index contributed by atoms with van der Waals surface area (Å²) in [5.41, 5.74) is -0.298. The summed E-state index contributed by atoms with van der Waals surface area (Å²) >= 11 is 0. The molecule has 0 bridgehead atoms. The Labute approximate surface area is 154 Å². The van der Waals surface area contributed by atoms with Crippen molar-refractivity contribution < 1.29 is 24.4 Å². The zero-order valence-electron chi connectivity index (χ0n) is 14.7. The van der Waals surface area contributed by atoms with Gasteiger partial charge in [0.05, 0.1) is 13.2 Å². The fourth-order valence-corrected chi connectivity index (χ4v) is 2.92. The van der Waals surface area contributed by atoms with E-state index in [0.29, 0.717) is 6.61 Å². The van der Waals surface area contributed by atoms with Gasteiger partial charge in [-0.05, 0) is 12.5 Å². The number of ether oxygens (including phenoxy) is 3. The van der Waals surface area contributed by atoms with Gasteiger partial charge in [-0.1, -0.05) is 30.3 Å². The predicted molar refractivity (Wildman–Crippen MR) is 93.9 cm³/mol. The van der Waals surface area contributed by atoms with E-state index in [1.807, 2.05) is 30.3 Å². The fraction of sp³-hybridized carbons (Fsp3) is 0.444. The topological polar surface area (TPSA) is 123 Å². The molecule has 27 heavy (non-hydrogen) atoms. The summed E-state index contributed by atoms with van der Waals surface area (Å²) in [6.45, 7) is 1.52. The van der Waals surface area contributed by atoms with Crippen molar-refractivity contribution in [2.45, 2.75) is 44.4 Å². The lowest BCUT2D eigenvalue weighted by Gasteiger charge is -2.25. The van der Waals surface area contributed by atoms with Crippen LogP contribution in [0, 0.1) is 0 Å². The predicted octanol–water partition coefficient (Wildman–Crippen LogP) is -0.265. The lowest BCUT2D eigenvalue weighted by Crippen LogP contribution is -2.41. The van der Waals surface area contributed by atoms with E-state index < -0.39 is 48.7 Å². The van der Waals surface area contributed by atoms with Crippen molar-refractivity contribution in [1.82, 2.24) is 9.55 Å². The van der Waals surface area contributed by atoms with Gasteiger partial charge in [0.1, 0.15) is 18.3 Å². The van der Waals surface area contributed by atoms with Crippen molar-refractivity contribution in [1.29, 1.82) is 0 Å². The molecule has 1 aliphatic rings. The number of rotatable bonds is 7. The van der Waals surface area contributed by atoms with Crippen LogP contribution in [0.2, 0.25) is 0 Å². The molecule has 1 aromatic carbocycles. The molecule has 3 rings (SSSR count). The highest BCUT2D eigenvalue weighted by Crippen LogP contribution is 2.31. The first-order valence-electron chi connectivity index (χ1n) is 8.56. The van der Waals surface area contributed by atoms with Crippen molar-refractivity contribution in [3.05, 3.63) is 69.0 Å². The zero-order valence-corrected chi connectivity index (χ0v) is 14.7. The van der Waals surface area contributed by atoms with Crippen LogP contribution in [0.3, 0.4) is 0 Å². The molecule has 2 heterocycles. The van der Waals surface area contributed by atoms with E-state index in [2.05, 4.69) is 4.98 Å². The van der Waals surface area contributed by atoms with Crippen molar-refractivity contribution in [2.24, 2.45) is 0 Å². The molecular formula is C18H22N2O7. The second-order valence-electron chi connectivity index (χ2n) is 6.22. The summed E-state index contributed by atoms with van der Waals surface area (Å²) < 4.78 is 18.1. The van der Waals surface area contributed by atoms with Crippen LogP contribution in [-0.2, 0) is 20.8 Å². The number of aromatic amines is 1. The van der Waals surface area contributed by atoms with Gasteiger partial charge in [-0.2, -0.15) is 0 Å². The second kappa shape index (κ2) is 8.59. The number of aliphatic hydroxyl groups is 2. The molecule has 0 saturated carbocycles. The number of hydrogen-bond donors (Lipinski definition) is 3. The minimum Gasteiger partial charge on any atom is -0.394 e. The van der Waals surface area contributed by atoms with E-state index in [9.17, 15) is 19.8 Å². The molecule has 0 radical (unpaired) electrons. The molecule has 1 unspecified atom stereocenters. The van der Waals surface area contributed by atoms with Crippen molar-refractivity contribution in [3.63, 3.8) is 0 Å². The standard InChI is InChI=1S/C18H22N2O7/c1-11(25-10-12-5-3-2-4-6-12)26-16-15(23)13(9-21)27-17(16)20-8-7-14(22)19-18(20)24/h2-8,11,13,15-17,21,23H,9-10H2,1H3,(H,19,22,24)/t11?,13-,15-,16-,17-/m1/s1. The average Bonchev–Trinajstić information content (AvgIpc) is 2.96. The maximum Gasteiger partial charge on any atom is 0.330 e. The molecule has 1 saturated heterocycles. The largest absolute Gasteiger partial charge is 0.394 e. The molecule has 0 aliphatic carbocycles. The van der Waals surface area contributed by atoms with E-state index >= 15 is 0 Å². The third-order valence-corrected chi connectivity index (χ3v) is 4.29. The molecule has 146 valence electrons. The lowest BCUT2D eigenvalue weighted by atomic mass is 10.1. The summed E-state index contributed by atoms with van der Waals surface area (Å²) in [6.07, 6.45) is -3.57. The highest BCUT2D eigenvalue weighted by molar-refractivity contribution is 5.13. The first-order valence-corrected chi connectivity index (χ1v) is 8.56.